The lowest BCUT2D eigenvalue weighted by atomic mass is 10.2. The van der Waals surface area contributed by atoms with Crippen LogP contribution in [0.2, 0.25) is 0 Å². The molecule has 0 aliphatic rings. The van der Waals surface area contributed by atoms with Crippen LogP contribution >= 0.6 is 0 Å². The summed E-state index contributed by atoms with van der Waals surface area (Å²) in [6, 6.07) is 13.3. The van der Waals surface area contributed by atoms with E-state index in [-0.39, 0.29) is 5.91 Å². The number of amides is 1. The number of benzene rings is 2. The Morgan fingerprint density at radius 1 is 1.15 bits per heavy atom. The number of fused-ring (bicyclic) bond motifs is 2. The topological polar surface area (TPSA) is 73.0 Å². The second-order valence-corrected chi connectivity index (χ2v) is 6.30. The maximum absolute atomic E-state index is 12.2. The summed E-state index contributed by atoms with van der Waals surface area (Å²) < 4.78 is 7.81. The smallest absolute Gasteiger partial charge is 0.251 e. The van der Waals surface area contributed by atoms with E-state index in [2.05, 4.69) is 15.3 Å². The molecule has 2 aromatic heterocycles. The highest BCUT2D eigenvalue weighted by Crippen LogP contribution is 2.21. The van der Waals surface area contributed by atoms with Gasteiger partial charge >= 0.3 is 0 Å². The number of para-hydroxylation sites is 2. The number of imidazole rings is 1. The van der Waals surface area contributed by atoms with Crippen LogP contribution in [0.3, 0.4) is 0 Å². The van der Waals surface area contributed by atoms with E-state index in [1.54, 1.807) is 0 Å². The van der Waals surface area contributed by atoms with Gasteiger partial charge in [-0.3, -0.25) is 4.79 Å². The lowest BCUT2D eigenvalue weighted by Gasteiger charge is -2.03. The third-order valence-electron chi connectivity index (χ3n) is 4.42. The molecular weight excluding hydrogens is 328 g/mol. The molecular formula is C20H20N4O2. The first-order valence-electron chi connectivity index (χ1n) is 8.73. The zero-order valence-corrected chi connectivity index (χ0v) is 14.8. The zero-order chi connectivity index (χ0) is 18.1. The minimum Gasteiger partial charge on any atom is -0.440 e. The summed E-state index contributed by atoms with van der Waals surface area (Å²) in [5.41, 5.74) is 4.01. The molecule has 0 radical (unpaired) electrons. The Kier molecular flexibility index (Phi) is 4.16. The van der Waals surface area contributed by atoms with Crippen LogP contribution in [0.15, 0.2) is 46.9 Å². The van der Waals surface area contributed by atoms with Gasteiger partial charge in [-0.25, -0.2) is 9.97 Å². The van der Waals surface area contributed by atoms with E-state index in [4.69, 9.17) is 4.42 Å². The Morgan fingerprint density at radius 3 is 2.81 bits per heavy atom. The fourth-order valence-electron chi connectivity index (χ4n) is 3.02. The van der Waals surface area contributed by atoms with Crippen LogP contribution in [0, 0.1) is 0 Å². The van der Waals surface area contributed by atoms with Crippen LogP contribution in [0.4, 0.5) is 0 Å². The Labute approximate surface area is 150 Å². The lowest BCUT2D eigenvalue weighted by molar-refractivity contribution is 0.0954. The van der Waals surface area contributed by atoms with Crippen molar-refractivity contribution in [1.29, 1.82) is 0 Å². The van der Waals surface area contributed by atoms with Gasteiger partial charge in [-0.1, -0.05) is 19.1 Å². The van der Waals surface area contributed by atoms with E-state index in [0.717, 1.165) is 34.4 Å². The molecule has 6 heteroatoms. The SMILES string of the molecule is CCCNC(=O)c1ccc2c(c1)nc(Cc1nc3ccccc3o1)n2C. The summed E-state index contributed by atoms with van der Waals surface area (Å²) >= 11 is 0. The van der Waals surface area contributed by atoms with Crippen LogP contribution < -0.4 is 5.32 Å². The van der Waals surface area contributed by atoms with Gasteiger partial charge in [-0.05, 0) is 36.8 Å². The molecule has 0 atom stereocenters. The molecule has 0 spiro atoms. The third kappa shape index (κ3) is 2.94. The van der Waals surface area contributed by atoms with Crippen molar-refractivity contribution >= 4 is 28.0 Å². The van der Waals surface area contributed by atoms with Crippen molar-refractivity contribution in [2.24, 2.45) is 7.05 Å². The molecule has 2 heterocycles. The number of carbonyl (C=O) groups is 1. The molecule has 6 nitrogen and oxygen atoms in total. The molecule has 0 aliphatic heterocycles. The molecule has 1 amide bonds. The molecule has 0 fully saturated rings. The van der Waals surface area contributed by atoms with Crippen LogP contribution in [0.1, 0.15) is 35.4 Å². The lowest BCUT2D eigenvalue weighted by Crippen LogP contribution is -2.23. The normalized spacial score (nSPS) is 11.3. The predicted molar refractivity (Wildman–Crippen MR) is 100 cm³/mol. The molecule has 26 heavy (non-hydrogen) atoms. The Bertz CT molecular complexity index is 1060. The fraction of sp³-hybridized carbons (Fsp3) is 0.250. The van der Waals surface area contributed by atoms with Crippen LogP contribution in [-0.2, 0) is 13.5 Å². The standard InChI is InChI=1S/C20H20N4O2/c1-3-10-21-20(25)13-8-9-16-15(11-13)22-18(24(16)2)12-19-23-14-6-4-5-7-17(14)26-19/h4-9,11H,3,10,12H2,1-2H3,(H,21,25). The van der Waals surface area contributed by atoms with E-state index >= 15 is 0 Å². The monoisotopic (exact) mass is 348 g/mol. The minimum absolute atomic E-state index is 0.0695. The van der Waals surface area contributed by atoms with Crippen LogP contribution in [-0.4, -0.2) is 27.0 Å². The highest BCUT2D eigenvalue weighted by atomic mass is 16.3. The van der Waals surface area contributed by atoms with E-state index in [1.165, 1.54) is 0 Å². The van der Waals surface area contributed by atoms with Gasteiger partial charge in [0.05, 0.1) is 17.5 Å². The van der Waals surface area contributed by atoms with Gasteiger partial charge in [0.15, 0.2) is 5.58 Å². The zero-order valence-electron chi connectivity index (χ0n) is 14.8. The van der Waals surface area contributed by atoms with Gasteiger partial charge in [-0.2, -0.15) is 0 Å². The van der Waals surface area contributed by atoms with Gasteiger partial charge < -0.3 is 14.3 Å². The summed E-state index contributed by atoms with van der Waals surface area (Å²) in [7, 11) is 1.96. The predicted octanol–water partition coefficient (Wildman–Crippen LogP) is 3.45. The van der Waals surface area contributed by atoms with Crippen LogP contribution in [0.5, 0.6) is 0 Å². The number of aryl methyl sites for hydroxylation is 1. The number of rotatable bonds is 5. The summed E-state index contributed by atoms with van der Waals surface area (Å²) in [5.74, 6) is 1.41. The summed E-state index contributed by atoms with van der Waals surface area (Å²) in [6.07, 6.45) is 1.41. The molecule has 0 saturated heterocycles. The largest absolute Gasteiger partial charge is 0.440 e. The van der Waals surface area contributed by atoms with E-state index in [9.17, 15) is 4.79 Å². The van der Waals surface area contributed by atoms with E-state index < -0.39 is 0 Å². The van der Waals surface area contributed by atoms with Crippen molar-refractivity contribution in [3.05, 3.63) is 59.7 Å². The van der Waals surface area contributed by atoms with E-state index in [0.29, 0.717) is 24.4 Å². The van der Waals surface area contributed by atoms with Crippen LogP contribution in [0.25, 0.3) is 22.1 Å². The van der Waals surface area contributed by atoms with Gasteiger partial charge in [0.25, 0.3) is 5.91 Å². The number of hydrogen-bond donors (Lipinski definition) is 1. The van der Waals surface area contributed by atoms with Crippen molar-refractivity contribution in [2.75, 3.05) is 6.54 Å². The first kappa shape index (κ1) is 16.3. The number of aromatic nitrogens is 3. The summed E-state index contributed by atoms with van der Waals surface area (Å²) in [4.78, 5) is 21.4. The highest BCUT2D eigenvalue weighted by Gasteiger charge is 2.14. The van der Waals surface area contributed by atoms with Gasteiger partial charge in [0.2, 0.25) is 5.89 Å². The van der Waals surface area contributed by atoms with E-state index in [1.807, 2.05) is 61.0 Å². The first-order chi connectivity index (χ1) is 12.7. The molecule has 0 saturated carbocycles. The van der Waals surface area contributed by atoms with Crippen molar-refractivity contribution < 1.29 is 9.21 Å². The molecule has 0 bridgehead atoms. The summed E-state index contributed by atoms with van der Waals surface area (Å²) in [6.45, 7) is 2.70. The molecule has 4 aromatic rings. The fourth-order valence-corrected chi connectivity index (χ4v) is 3.02. The average Bonchev–Trinajstić information content (AvgIpc) is 3.20. The number of carbonyl (C=O) groups excluding carboxylic acids is 1. The van der Waals surface area contributed by atoms with Crippen molar-refractivity contribution in [3.63, 3.8) is 0 Å². The second kappa shape index (κ2) is 6.63. The summed E-state index contributed by atoms with van der Waals surface area (Å²) in [5, 5.41) is 2.89. The van der Waals surface area contributed by atoms with Gasteiger partial charge in [-0.15, -0.1) is 0 Å². The minimum atomic E-state index is -0.0695. The molecule has 132 valence electrons. The maximum atomic E-state index is 12.2. The maximum Gasteiger partial charge on any atom is 0.251 e. The van der Waals surface area contributed by atoms with Crippen molar-refractivity contribution in [2.45, 2.75) is 19.8 Å². The van der Waals surface area contributed by atoms with Crippen molar-refractivity contribution in [1.82, 2.24) is 19.9 Å². The third-order valence-corrected chi connectivity index (χ3v) is 4.42. The number of nitrogens with zero attached hydrogens (tertiary/aromatic N) is 3. The first-order valence-corrected chi connectivity index (χ1v) is 8.73. The second-order valence-electron chi connectivity index (χ2n) is 6.30. The quantitative estimate of drug-likeness (QED) is 0.599. The highest BCUT2D eigenvalue weighted by molar-refractivity contribution is 5.97. The Balaban J connectivity index is 1.65. The van der Waals surface area contributed by atoms with Gasteiger partial charge in [0, 0.05) is 19.2 Å². The van der Waals surface area contributed by atoms with Crippen molar-refractivity contribution in [3.8, 4) is 0 Å². The molecule has 0 unspecified atom stereocenters. The number of nitrogens with one attached hydrogen (secondary N) is 1. The Morgan fingerprint density at radius 2 is 2.00 bits per heavy atom. The molecule has 1 N–H and O–H groups in total. The Hall–Kier alpha value is -3.15. The number of hydrogen-bond acceptors (Lipinski definition) is 4. The molecule has 0 aliphatic carbocycles. The van der Waals surface area contributed by atoms with Gasteiger partial charge in [0.1, 0.15) is 11.3 Å². The molecule has 2 aromatic carbocycles. The number of oxazole rings is 1. The molecule has 4 rings (SSSR count). The average molecular weight is 348 g/mol.